The smallest absolute Gasteiger partial charge is 0.355 e. The number of morpholine rings is 1. The lowest BCUT2D eigenvalue weighted by atomic mass is 10.3. The Morgan fingerprint density at radius 1 is 1.31 bits per heavy atom. The normalized spacial score (nSPS) is 15.7. The van der Waals surface area contributed by atoms with E-state index in [2.05, 4.69) is 4.98 Å². The van der Waals surface area contributed by atoms with Crippen LogP contribution in [0.25, 0.3) is 0 Å². The average Bonchev–Trinajstić information content (AvgIpc) is 3.30. The Hall–Kier alpha value is -1.72. The number of hydrogen-bond acceptors (Lipinski definition) is 7. The summed E-state index contributed by atoms with van der Waals surface area (Å²) in [5, 5.41) is 0. The SMILES string of the molecule is O=C(OCC(=O)c1ccc(Cl)s1)c1cc(S(=O)(=O)N2CCOCC2)c[nH]1. The number of ketones is 1. The van der Waals surface area contributed by atoms with E-state index in [-0.39, 0.29) is 29.5 Å². The molecule has 11 heteroatoms. The van der Waals surface area contributed by atoms with Crippen LogP contribution in [0.2, 0.25) is 4.34 Å². The van der Waals surface area contributed by atoms with Gasteiger partial charge in [-0.1, -0.05) is 11.6 Å². The molecule has 140 valence electrons. The zero-order chi connectivity index (χ0) is 18.7. The number of nitrogens with one attached hydrogen (secondary N) is 1. The Morgan fingerprint density at radius 3 is 2.69 bits per heavy atom. The maximum atomic E-state index is 12.5. The second-order valence-electron chi connectivity index (χ2n) is 5.37. The van der Waals surface area contributed by atoms with E-state index in [9.17, 15) is 18.0 Å². The lowest BCUT2D eigenvalue weighted by Crippen LogP contribution is -2.40. The number of carbonyl (C=O) groups is 2. The van der Waals surface area contributed by atoms with E-state index in [0.29, 0.717) is 22.4 Å². The van der Waals surface area contributed by atoms with Gasteiger partial charge in [0.2, 0.25) is 15.8 Å². The zero-order valence-corrected chi connectivity index (χ0v) is 15.8. The van der Waals surface area contributed by atoms with Crippen molar-refractivity contribution in [1.29, 1.82) is 0 Å². The molecule has 8 nitrogen and oxygen atoms in total. The van der Waals surface area contributed by atoms with Crippen LogP contribution in [-0.2, 0) is 19.5 Å². The molecule has 2 aromatic heterocycles. The van der Waals surface area contributed by atoms with E-state index in [0.717, 1.165) is 11.3 Å². The molecule has 0 radical (unpaired) electrons. The number of carbonyl (C=O) groups excluding carboxylic acids is 2. The van der Waals surface area contributed by atoms with Crippen molar-refractivity contribution in [2.45, 2.75) is 4.90 Å². The van der Waals surface area contributed by atoms with E-state index in [1.807, 2.05) is 0 Å². The van der Waals surface area contributed by atoms with Gasteiger partial charge in [0.25, 0.3) is 0 Å². The molecule has 0 amide bonds. The summed E-state index contributed by atoms with van der Waals surface area (Å²) in [6, 6.07) is 4.32. The van der Waals surface area contributed by atoms with Gasteiger partial charge in [-0.2, -0.15) is 4.31 Å². The number of H-pyrrole nitrogens is 1. The van der Waals surface area contributed by atoms with E-state index < -0.39 is 22.6 Å². The molecule has 0 unspecified atom stereocenters. The van der Waals surface area contributed by atoms with Crippen LogP contribution < -0.4 is 0 Å². The number of halogens is 1. The molecule has 0 atom stereocenters. The summed E-state index contributed by atoms with van der Waals surface area (Å²) in [4.78, 5) is 26.9. The molecule has 1 aliphatic heterocycles. The molecule has 0 saturated carbocycles. The van der Waals surface area contributed by atoms with Crippen molar-refractivity contribution in [3.05, 3.63) is 39.3 Å². The Kier molecular flexibility index (Phi) is 5.78. The standard InChI is InChI=1S/C15H15ClN2O6S2/c16-14-2-1-13(25-14)12(19)9-24-15(20)11-7-10(8-17-11)26(21,22)18-3-5-23-6-4-18/h1-2,7-8,17H,3-6,9H2. The molecule has 3 heterocycles. The fourth-order valence-electron chi connectivity index (χ4n) is 2.32. The van der Waals surface area contributed by atoms with Gasteiger partial charge in [-0.3, -0.25) is 4.79 Å². The Bertz CT molecular complexity index is 914. The van der Waals surface area contributed by atoms with Gasteiger partial charge in [-0.25, -0.2) is 13.2 Å². The molecule has 1 saturated heterocycles. The van der Waals surface area contributed by atoms with Crippen LogP contribution in [0.3, 0.4) is 0 Å². The van der Waals surface area contributed by atoms with E-state index in [1.54, 1.807) is 12.1 Å². The van der Waals surface area contributed by atoms with Crippen molar-refractivity contribution in [1.82, 2.24) is 9.29 Å². The van der Waals surface area contributed by atoms with Crippen molar-refractivity contribution < 1.29 is 27.5 Å². The van der Waals surface area contributed by atoms with Crippen LogP contribution in [0.1, 0.15) is 20.2 Å². The van der Waals surface area contributed by atoms with Gasteiger partial charge >= 0.3 is 5.97 Å². The van der Waals surface area contributed by atoms with Crippen molar-refractivity contribution in [3.8, 4) is 0 Å². The lowest BCUT2D eigenvalue weighted by Gasteiger charge is -2.25. The number of thiophene rings is 1. The minimum absolute atomic E-state index is 0.0392. The summed E-state index contributed by atoms with van der Waals surface area (Å²) in [6.45, 7) is 0.706. The molecule has 26 heavy (non-hydrogen) atoms. The van der Waals surface area contributed by atoms with Gasteiger partial charge in [0.1, 0.15) is 10.6 Å². The monoisotopic (exact) mass is 418 g/mol. The molecule has 0 bridgehead atoms. The van der Waals surface area contributed by atoms with Crippen LogP contribution in [0.5, 0.6) is 0 Å². The first-order chi connectivity index (χ1) is 12.4. The number of ether oxygens (including phenoxy) is 2. The summed E-state index contributed by atoms with van der Waals surface area (Å²) in [6.07, 6.45) is 1.22. The topological polar surface area (TPSA) is 106 Å². The van der Waals surface area contributed by atoms with Gasteiger partial charge in [0.15, 0.2) is 6.61 Å². The van der Waals surface area contributed by atoms with E-state index in [4.69, 9.17) is 21.1 Å². The summed E-state index contributed by atoms with van der Waals surface area (Å²) in [5.74, 6) is -1.20. The van der Waals surface area contributed by atoms with Gasteiger partial charge in [-0.15, -0.1) is 11.3 Å². The van der Waals surface area contributed by atoms with Crippen molar-refractivity contribution >= 4 is 44.7 Å². The summed E-state index contributed by atoms with van der Waals surface area (Å²) >= 11 is 6.85. The minimum atomic E-state index is -3.71. The number of hydrogen-bond donors (Lipinski definition) is 1. The van der Waals surface area contributed by atoms with Crippen molar-refractivity contribution in [2.75, 3.05) is 32.9 Å². The quantitative estimate of drug-likeness (QED) is 0.566. The summed E-state index contributed by atoms with van der Waals surface area (Å²) in [7, 11) is -3.71. The molecule has 0 aromatic carbocycles. The van der Waals surface area contributed by atoms with E-state index >= 15 is 0 Å². The molecular weight excluding hydrogens is 404 g/mol. The van der Waals surface area contributed by atoms with Crippen LogP contribution in [0.15, 0.2) is 29.3 Å². The molecule has 0 spiro atoms. The third kappa shape index (κ3) is 4.15. The summed E-state index contributed by atoms with van der Waals surface area (Å²) < 4.78 is 36.8. The highest BCUT2D eigenvalue weighted by atomic mass is 35.5. The molecule has 2 aromatic rings. The number of esters is 1. The van der Waals surface area contributed by atoms with Gasteiger partial charge in [-0.05, 0) is 18.2 Å². The third-order valence-corrected chi connectivity index (χ3v) is 6.82. The van der Waals surface area contributed by atoms with Crippen LogP contribution >= 0.6 is 22.9 Å². The Morgan fingerprint density at radius 2 is 2.04 bits per heavy atom. The van der Waals surface area contributed by atoms with Crippen LogP contribution in [-0.4, -0.2) is 62.4 Å². The van der Waals surface area contributed by atoms with Crippen LogP contribution in [0.4, 0.5) is 0 Å². The largest absolute Gasteiger partial charge is 0.453 e. The predicted octanol–water partition coefficient (Wildman–Crippen LogP) is 1.79. The lowest BCUT2D eigenvalue weighted by molar-refractivity contribution is 0.0470. The minimum Gasteiger partial charge on any atom is -0.453 e. The maximum Gasteiger partial charge on any atom is 0.355 e. The second kappa shape index (κ2) is 7.89. The Labute approximate surface area is 158 Å². The molecule has 1 N–H and O–H groups in total. The first kappa shape index (κ1) is 19.1. The molecule has 0 aliphatic carbocycles. The fraction of sp³-hybridized carbons (Fsp3) is 0.333. The number of Topliss-reactive ketones (excluding diaryl/α,β-unsaturated/α-hetero) is 1. The molecule has 1 fully saturated rings. The second-order valence-corrected chi connectivity index (χ2v) is 9.02. The average molecular weight is 419 g/mol. The first-order valence-electron chi connectivity index (χ1n) is 7.60. The van der Waals surface area contributed by atoms with Crippen LogP contribution in [0, 0.1) is 0 Å². The molecule has 3 rings (SSSR count). The highest BCUT2D eigenvalue weighted by Gasteiger charge is 2.28. The van der Waals surface area contributed by atoms with Crippen molar-refractivity contribution in [2.24, 2.45) is 0 Å². The number of aromatic amines is 1. The fourth-order valence-corrected chi connectivity index (χ4v) is 4.69. The van der Waals surface area contributed by atoms with E-state index in [1.165, 1.54) is 16.6 Å². The number of nitrogens with zero attached hydrogens (tertiary/aromatic N) is 1. The third-order valence-electron chi connectivity index (χ3n) is 3.67. The number of aromatic nitrogens is 1. The molecule has 1 aliphatic rings. The predicted molar refractivity (Wildman–Crippen MR) is 94.3 cm³/mol. The zero-order valence-electron chi connectivity index (χ0n) is 13.4. The van der Waals surface area contributed by atoms with Crippen molar-refractivity contribution in [3.63, 3.8) is 0 Å². The summed E-state index contributed by atoms with van der Waals surface area (Å²) in [5.41, 5.74) is -0.0474. The number of sulfonamides is 1. The molecular formula is C15H15ClN2O6S2. The Balaban J connectivity index is 1.63. The highest BCUT2D eigenvalue weighted by molar-refractivity contribution is 7.89. The van der Waals surface area contributed by atoms with Gasteiger partial charge in [0, 0.05) is 19.3 Å². The first-order valence-corrected chi connectivity index (χ1v) is 10.2. The number of rotatable bonds is 6. The van der Waals surface area contributed by atoms with Gasteiger partial charge in [0.05, 0.1) is 22.4 Å². The van der Waals surface area contributed by atoms with Gasteiger partial charge < -0.3 is 14.5 Å². The highest BCUT2D eigenvalue weighted by Crippen LogP contribution is 2.22. The maximum absolute atomic E-state index is 12.5.